The summed E-state index contributed by atoms with van der Waals surface area (Å²) < 4.78 is 5.79. The predicted molar refractivity (Wildman–Crippen MR) is 68.4 cm³/mol. The van der Waals surface area contributed by atoms with Crippen LogP contribution in [0.25, 0.3) is 11.0 Å². The zero-order chi connectivity index (χ0) is 14.0. The highest BCUT2D eigenvalue weighted by atomic mass is 16.6. The van der Waals surface area contributed by atoms with Gasteiger partial charge in [-0.3, -0.25) is 5.32 Å². The molecule has 0 bridgehead atoms. The van der Waals surface area contributed by atoms with Gasteiger partial charge in [-0.15, -0.1) is 0 Å². The number of carboxylic acid groups (broad SMARTS) is 1. The smallest absolute Gasteiger partial charge is 0.418 e. The van der Waals surface area contributed by atoms with Crippen molar-refractivity contribution in [3.05, 3.63) is 24.3 Å². The van der Waals surface area contributed by atoms with E-state index in [2.05, 4.69) is 10.3 Å². The first-order valence-corrected chi connectivity index (χ1v) is 5.67. The molecule has 0 saturated carbocycles. The van der Waals surface area contributed by atoms with Gasteiger partial charge in [0.2, 0.25) is 5.95 Å². The van der Waals surface area contributed by atoms with Gasteiger partial charge in [0, 0.05) is 0 Å². The minimum absolute atomic E-state index is 0.0839. The molecule has 1 amide bonds. The summed E-state index contributed by atoms with van der Waals surface area (Å²) in [7, 11) is 0. The number of imidazole rings is 1. The summed E-state index contributed by atoms with van der Waals surface area (Å²) in [5, 5.41) is 11.5. The molecule has 0 aliphatic heterocycles. The number of amides is 1. The summed E-state index contributed by atoms with van der Waals surface area (Å²) in [4.78, 5) is 26.8. The van der Waals surface area contributed by atoms with Crippen molar-refractivity contribution < 1.29 is 19.4 Å². The third kappa shape index (κ3) is 2.65. The molecule has 0 aliphatic rings. The number of nitrogens with zero attached hydrogens (tertiary/aromatic N) is 2. The van der Waals surface area contributed by atoms with Crippen molar-refractivity contribution in [2.24, 2.45) is 0 Å². The maximum absolute atomic E-state index is 11.5. The van der Waals surface area contributed by atoms with Crippen LogP contribution < -0.4 is 5.32 Å². The van der Waals surface area contributed by atoms with E-state index in [1.165, 1.54) is 0 Å². The molecule has 2 N–H and O–H groups in total. The predicted octanol–water partition coefficient (Wildman–Crippen LogP) is 2.52. The molecule has 2 aromatic rings. The van der Waals surface area contributed by atoms with E-state index < -0.39 is 12.2 Å². The van der Waals surface area contributed by atoms with Crippen molar-refractivity contribution in [3.63, 3.8) is 0 Å². The van der Waals surface area contributed by atoms with Gasteiger partial charge < -0.3 is 9.84 Å². The van der Waals surface area contributed by atoms with Crippen molar-refractivity contribution >= 4 is 29.2 Å². The van der Waals surface area contributed by atoms with Crippen LogP contribution in [0, 0.1) is 0 Å². The second-order valence-electron chi connectivity index (χ2n) is 4.12. The molecular weight excluding hydrogens is 250 g/mol. The Labute approximate surface area is 108 Å². The van der Waals surface area contributed by atoms with Crippen molar-refractivity contribution in [2.45, 2.75) is 20.0 Å². The molecular formula is C12H13N3O4. The summed E-state index contributed by atoms with van der Waals surface area (Å²) in [6.45, 7) is 3.39. The van der Waals surface area contributed by atoms with Crippen LogP contribution in [0.3, 0.4) is 0 Å². The van der Waals surface area contributed by atoms with Gasteiger partial charge in [-0.05, 0) is 26.0 Å². The molecule has 0 unspecified atom stereocenters. The van der Waals surface area contributed by atoms with Gasteiger partial charge in [0.25, 0.3) is 0 Å². The van der Waals surface area contributed by atoms with Gasteiger partial charge >= 0.3 is 12.2 Å². The fourth-order valence-corrected chi connectivity index (χ4v) is 1.64. The topological polar surface area (TPSA) is 93.5 Å². The Morgan fingerprint density at radius 2 is 2.05 bits per heavy atom. The lowest BCUT2D eigenvalue weighted by Gasteiger charge is -2.09. The van der Waals surface area contributed by atoms with E-state index in [1.807, 2.05) is 0 Å². The first-order chi connectivity index (χ1) is 8.99. The standard InChI is InChI=1S/C12H13N3O4/c1-7(2)19-11(16)14-10-13-8-5-3-4-6-9(8)15(10)12(17)18/h3-7H,1-2H3,(H,17,18)(H,13,14,16). The number of hydrogen-bond acceptors (Lipinski definition) is 4. The minimum atomic E-state index is -1.23. The zero-order valence-electron chi connectivity index (χ0n) is 10.5. The highest BCUT2D eigenvalue weighted by Gasteiger charge is 2.18. The largest absolute Gasteiger partial charge is 0.464 e. The zero-order valence-corrected chi connectivity index (χ0v) is 10.5. The monoisotopic (exact) mass is 263 g/mol. The van der Waals surface area contributed by atoms with Crippen molar-refractivity contribution in [3.8, 4) is 0 Å². The Hall–Kier alpha value is -2.57. The van der Waals surface area contributed by atoms with Crippen LogP contribution in [-0.2, 0) is 4.74 Å². The Morgan fingerprint density at radius 1 is 1.37 bits per heavy atom. The van der Waals surface area contributed by atoms with Crippen LogP contribution >= 0.6 is 0 Å². The number of nitrogens with one attached hydrogen (secondary N) is 1. The molecule has 1 aromatic carbocycles. The van der Waals surface area contributed by atoms with E-state index >= 15 is 0 Å². The van der Waals surface area contributed by atoms with E-state index in [0.29, 0.717) is 11.0 Å². The summed E-state index contributed by atoms with van der Waals surface area (Å²) in [6, 6.07) is 6.69. The quantitative estimate of drug-likeness (QED) is 0.868. The summed E-state index contributed by atoms with van der Waals surface area (Å²) in [6.07, 6.45) is -2.27. The summed E-state index contributed by atoms with van der Waals surface area (Å²) >= 11 is 0. The number of benzene rings is 1. The molecule has 7 nitrogen and oxygen atoms in total. The van der Waals surface area contributed by atoms with Gasteiger partial charge in [0.05, 0.1) is 17.1 Å². The molecule has 0 spiro atoms. The van der Waals surface area contributed by atoms with Crippen LogP contribution in [0.15, 0.2) is 24.3 Å². The molecule has 1 aromatic heterocycles. The number of carbonyl (C=O) groups is 2. The second kappa shape index (κ2) is 4.97. The van der Waals surface area contributed by atoms with Gasteiger partial charge in [0.1, 0.15) is 0 Å². The lowest BCUT2D eigenvalue weighted by Crippen LogP contribution is -2.22. The number of carbonyl (C=O) groups excluding carboxylic acids is 1. The molecule has 100 valence electrons. The summed E-state index contributed by atoms with van der Waals surface area (Å²) in [5.74, 6) is -0.0839. The van der Waals surface area contributed by atoms with Crippen LogP contribution in [0.4, 0.5) is 15.5 Å². The molecule has 0 radical (unpaired) electrons. The first-order valence-electron chi connectivity index (χ1n) is 5.67. The molecule has 0 saturated heterocycles. The van der Waals surface area contributed by atoms with Crippen molar-refractivity contribution in [1.29, 1.82) is 0 Å². The molecule has 7 heteroatoms. The number of anilines is 1. The highest BCUT2D eigenvalue weighted by Crippen LogP contribution is 2.19. The van der Waals surface area contributed by atoms with Gasteiger partial charge in [-0.25, -0.2) is 19.1 Å². The van der Waals surface area contributed by atoms with E-state index in [9.17, 15) is 14.7 Å². The van der Waals surface area contributed by atoms with E-state index in [4.69, 9.17) is 4.74 Å². The Kier molecular flexibility index (Phi) is 3.37. The number of hydrogen-bond donors (Lipinski definition) is 2. The molecule has 2 rings (SSSR count). The molecule has 1 heterocycles. The third-order valence-corrected chi connectivity index (χ3v) is 2.31. The Bertz CT molecular complexity index is 633. The fraction of sp³-hybridized carbons (Fsp3) is 0.250. The maximum atomic E-state index is 11.5. The normalized spacial score (nSPS) is 10.7. The number of ether oxygens (including phenoxy) is 1. The first kappa shape index (κ1) is 12.9. The molecule has 0 aliphatic carbocycles. The van der Waals surface area contributed by atoms with E-state index in [1.54, 1.807) is 38.1 Å². The fourth-order valence-electron chi connectivity index (χ4n) is 1.64. The van der Waals surface area contributed by atoms with Crippen LogP contribution in [0.5, 0.6) is 0 Å². The highest BCUT2D eigenvalue weighted by molar-refractivity contribution is 5.93. The van der Waals surface area contributed by atoms with Crippen LogP contribution in [0.2, 0.25) is 0 Å². The lowest BCUT2D eigenvalue weighted by atomic mass is 10.3. The average Bonchev–Trinajstić information content (AvgIpc) is 2.64. The van der Waals surface area contributed by atoms with E-state index in [-0.39, 0.29) is 12.1 Å². The molecule has 0 atom stereocenters. The summed E-state index contributed by atoms with van der Waals surface area (Å²) in [5.41, 5.74) is 0.875. The SMILES string of the molecule is CC(C)OC(=O)Nc1nc2ccccc2n1C(=O)O. The van der Waals surface area contributed by atoms with E-state index in [0.717, 1.165) is 4.57 Å². The second-order valence-corrected chi connectivity index (χ2v) is 4.12. The van der Waals surface area contributed by atoms with Crippen LogP contribution in [-0.4, -0.2) is 32.9 Å². The average molecular weight is 263 g/mol. The maximum Gasteiger partial charge on any atom is 0.418 e. The lowest BCUT2D eigenvalue weighted by molar-refractivity contribution is 0.129. The minimum Gasteiger partial charge on any atom is -0.464 e. The molecule has 19 heavy (non-hydrogen) atoms. The number of fused-ring (bicyclic) bond motifs is 1. The number of aromatic nitrogens is 2. The van der Waals surface area contributed by atoms with Crippen molar-refractivity contribution in [1.82, 2.24) is 9.55 Å². The van der Waals surface area contributed by atoms with Gasteiger partial charge in [-0.2, -0.15) is 0 Å². The van der Waals surface area contributed by atoms with Gasteiger partial charge in [-0.1, -0.05) is 12.1 Å². The Balaban J connectivity index is 2.39. The Morgan fingerprint density at radius 3 is 2.68 bits per heavy atom. The van der Waals surface area contributed by atoms with Crippen LogP contribution in [0.1, 0.15) is 13.8 Å². The van der Waals surface area contributed by atoms with Gasteiger partial charge in [0.15, 0.2) is 0 Å². The number of para-hydroxylation sites is 2. The molecule has 0 fully saturated rings. The van der Waals surface area contributed by atoms with Crippen molar-refractivity contribution in [2.75, 3.05) is 5.32 Å². The number of rotatable bonds is 2. The third-order valence-electron chi connectivity index (χ3n) is 2.31.